The number of hydrogen-bond acceptors (Lipinski definition) is 4. The first kappa shape index (κ1) is 18.4. The summed E-state index contributed by atoms with van der Waals surface area (Å²) in [4.78, 5) is 19.4. The Morgan fingerprint density at radius 1 is 1.36 bits per heavy atom. The van der Waals surface area contributed by atoms with Crippen molar-refractivity contribution < 1.29 is 9.53 Å². The van der Waals surface area contributed by atoms with E-state index in [1.165, 1.54) is 0 Å². The number of hydrogen-bond donors (Lipinski definition) is 1. The van der Waals surface area contributed by atoms with E-state index in [1.54, 1.807) is 0 Å². The molecule has 0 aliphatic carbocycles. The van der Waals surface area contributed by atoms with E-state index in [4.69, 9.17) is 4.74 Å². The summed E-state index contributed by atoms with van der Waals surface area (Å²) >= 11 is 0. The van der Waals surface area contributed by atoms with E-state index in [0.717, 1.165) is 83.7 Å². The quantitative estimate of drug-likeness (QED) is 0.764. The Labute approximate surface area is 150 Å². The lowest BCUT2D eigenvalue weighted by Crippen LogP contribution is -2.48. The van der Waals surface area contributed by atoms with E-state index in [2.05, 4.69) is 26.7 Å². The molecule has 1 atom stereocenters. The molecule has 3 heterocycles. The smallest absolute Gasteiger partial charge is 0.224 e. The molecule has 0 radical (unpaired) electrons. The van der Waals surface area contributed by atoms with E-state index >= 15 is 0 Å². The first-order valence-corrected chi connectivity index (χ1v) is 9.87. The minimum Gasteiger partial charge on any atom is -0.381 e. The number of rotatable bonds is 7. The molecule has 0 saturated carbocycles. The van der Waals surface area contributed by atoms with Gasteiger partial charge in [0.1, 0.15) is 5.82 Å². The van der Waals surface area contributed by atoms with Crippen molar-refractivity contribution >= 4 is 5.91 Å². The van der Waals surface area contributed by atoms with Gasteiger partial charge in [-0.25, -0.2) is 4.98 Å². The number of amides is 1. The molecule has 25 heavy (non-hydrogen) atoms. The SMILES string of the molecule is CCc1nccn1CCCNC(=O)[C@H]1CCCN(C2CCOCC2)C1. The minimum atomic E-state index is 0.149. The largest absolute Gasteiger partial charge is 0.381 e. The second-order valence-corrected chi connectivity index (χ2v) is 7.21. The van der Waals surface area contributed by atoms with Crippen molar-refractivity contribution in [2.24, 2.45) is 5.92 Å². The number of aryl methyl sites for hydroxylation is 2. The highest BCUT2D eigenvalue weighted by molar-refractivity contribution is 5.78. The fourth-order valence-electron chi connectivity index (χ4n) is 4.07. The summed E-state index contributed by atoms with van der Waals surface area (Å²) in [5, 5.41) is 3.15. The molecule has 0 unspecified atom stereocenters. The topological polar surface area (TPSA) is 59.4 Å². The van der Waals surface area contributed by atoms with Crippen LogP contribution in [0, 0.1) is 5.92 Å². The molecule has 2 saturated heterocycles. The van der Waals surface area contributed by atoms with E-state index in [1.807, 2.05) is 12.4 Å². The van der Waals surface area contributed by atoms with Crippen LogP contribution in [0.5, 0.6) is 0 Å². The molecule has 2 aliphatic heterocycles. The Hall–Kier alpha value is -1.40. The number of carbonyl (C=O) groups is 1. The molecular formula is C19H32N4O2. The molecule has 140 valence electrons. The van der Waals surface area contributed by atoms with Crippen molar-refractivity contribution in [1.29, 1.82) is 0 Å². The maximum absolute atomic E-state index is 12.5. The van der Waals surface area contributed by atoms with Gasteiger partial charge in [0.25, 0.3) is 0 Å². The Morgan fingerprint density at radius 2 is 2.20 bits per heavy atom. The molecule has 6 nitrogen and oxygen atoms in total. The summed E-state index contributed by atoms with van der Waals surface area (Å²) in [6.45, 7) is 7.56. The first-order valence-electron chi connectivity index (χ1n) is 9.87. The second-order valence-electron chi connectivity index (χ2n) is 7.21. The molecular weight excluding hydrogens is 316 g/mol. The van der Waals surface area contributed by atoms with Crippen LogP contribution in [0.1, 0.15) is 44.9 Å². The van der Waals surface area contributed by atoms with Crippen LogP contribution < -0.4 is 5.32 Å². The van der Waals surface area contributed by atoms with Crippen molar-refractivity contribution in [3.8, 4) is 0 Å². The van der Waals surface area contributed by atoms with E-state index in [9.17, 15) is 4.79 Å². The van der Waals surface area contributed by atoms with Gasteiger partial charge in [-0.2, -0.15) is 0 Å². The number of nitrogens with zero attached hydrogens (tertiary/aromatic N) is 3. The summed E-state index contributed by atoms with van der Waals surface area (Å²) in [7, 11) is 0. The zero-order valence-corrected chi connectivity index (χ0v) is 15.5. The fourth-order valence-corrected chi connectivity index (χ4v) is 4.07. The van der Waals surface area contributed by atoms with Crippen LogP contribution in [-0.2, 0) is 22.5 Å². The first-order chi connectivity index (χ1) is 12.3. The summed E-state index contributed by atoms with van der Waals surface area (Å²) in [6, 6.07) is 0.609. The number of carbonyl (C=O) groups excluding carboxylic acids is 1. The highest BCUT2D eigenvalue weighted by atomic mass is 16.5. The number of nitrogens with one attached hydrogen (secondary N) is 1. The minimum absolute atomic E-state index is 0.149. The van der Waals surface area contributed by atoms with Gasteiger partial charge in [-0.05, 0) is 38.6 Å². The molecule has 0 aromatic carbocycles. The van der Waals surface area contributed by atoms with Crippen LogP contribution in [0.2, 0.25) is 0 Å². The van der Waals surface area contributed by atoms with Gasteiger partial charge in [-0.3, -0.25) is 9.69 Å². The lowest BCUT2D eigenvalue weighted by molar-refractivity contribution is -0.127. The fraction of sp³-hybridized carbons (Fsp3) is 0.789. The Morgan fingerprint density at radius 3 is 3.00 bits per heavy atom. The molecule has 0 bridgehead atoms. The lowest BCUT2D eigenvalue weighted by Gasteiger charge is -2.39. The molecule has 2 fully saturated rings. The Balaban J connectivity index is 1.38. The number of likely N-dealkylation sites (tertiary alicyclic amines) is 1. The molecule has 2 aliphatic rings. The number of imidazole rings is 1. The van der Waals surface area contributed by atoms with Crippen molar-refractivity contribution in [1.82, 2.24) is 19.8 Å². The van der Waals surface area contributed by atoms with E-state index < -0.39 is 0 Å². The predicted molar refractivity (Wildman–Crippen MR) is 97.4 cm³/mol. The van der Waals surface area contributed by atoms with Gasteiger partial charge >= 0.3 is 0 Å². The van der Waals surface area contributed by atoms with Gasteiger partial charge in [0.15, 0.2) is 0 Å². The summed E-state index contributed by atoms with van der Waals surface area (Å²) in [5.41, 5.74) is 0. The van der Waals surface area contributed by atoms with Crippen LogP contribution in [-0.4, -0.2) is 59.2 Å². The standard InChI is InChI=1S/C19H32N4O2/c1-2-18-20-9-12-22(18)11-4-8-21-19(24)16-5-3-10-23(15-16)17-6-13-25-14-7-17/h9,12,16-17H,2-8,10-11,13-15H2,1H3,(H,21,24)/t16-/m0/s1. The van der Waals surface area contributed by atoms with Gasteiger partial charge in [0.05, 0.1) is 5.92 Å². The summed E-state index contributed by atoms with van der Waals surface area (Å²) in [6.07, 6.45) is 10.1. The highest BCUT2D eigenvalue weighted by Crippen LogP contribution is 2.23. The Kier molecular flexibility index (Phi) is 6.87. The molecule has 1 aromatic heterocycles. The third-order valence-electron chi connectivity index (χ3n) is 5.52. The summed E-state index contributed by atoms with van der Waals surface area (Å²) < 4.78 is 7.65. The third kappa shape index (κ3) is 5.05. The second kappa shape index (κ2) is 9.34. The molecule has 1 N–H and O–H groups in total. The number of piperidine rings is 1. The number of ether oxygens (including phenoxy) is 1. The maximum Gasteiger partial charge on any atom is 0.224 e. The molecule has 3 rings (SSSR count). The Bertz CT molecular complexity index is 539. The van der Waals surface area contributed by atoms with Gasteiger partial charge < -0.3 is 14.6 Å². The zero-order chi connectivity index (χ0) is 17.5. The van der Waals surface area contributed by atoms with Crippen molar-refractivity contribution in [2.75, 3.05) is 32.8 Å². The molecule has 0 spiro atoms. The molecule has 6 heteroatoms. The van der Waals surface area contributed by atoms with Crippen molar-refractivity contribution in [3.63, 3.8) is 0 Å². The third-order valence-corrected chi connectivity index (χ3v) is 5.52. The predicted octanol–water partition coefficient (Wildman–Crippen LogP) is 1.84. The van der Waals surface area contributed by atoms with Crippen LogP contribution in [0.25, 0.3) is 0 Å². The monoisotopic (exact) mass is 348 g/mol. The maximum atomic E-state index is 12.5. The van der Waals surface area contributed by atoms with E-state index in [-0.39, 0.29) is 11.8 Å². The molecule has 1 aromatic rings. The normalized spacial score (nSPS) is 22.8. The molecule has 1 amide bonds. The van der Waals surface area contributed by atoms with Crippen molar-refractivity contribution in [2.45, 2.75) is 58.0 Å². The average molecular weight is 348 g/mol. The van der Waals surface area contributed by atoms with Gasteiger partial charge in [-0.15, -0.1) is 0 Å². The average Bonchev–Trinajstić information content (AvgIpc) is 3.13. The highest BCUT2D eigenvalue weighted by Gasteiger charge is 2.30. The van der Waals surface area contributed by atoms with Gasteiger partial charge in [0.2, 0.25) is 5.91 Å². The zero-order valence-electron chi connectivity index (χ0n) is 15.5. The lowest BCUT2D eigenvalue weighted by atomic mass is 9.94. The van der Waals surface area contributed by atoms with Gasteiger partial charge in [-0.1, -0.05) is 6.92 Å². The van der Waals surface area contributed by atoms with Crippen LogP contribution in [0.3, 0.4) is 0 Å². The van der Waals surface area contributed by atoms with Crippen molar-refractivity contribution in [3.05, 3.63) is 18.2 Å². The van der Waals surface area contributed by atoms with Crippen LogP contribution in [0.15, 0.2) is 12.4 Å². The van der Waals surface area contributed by atoms with E-state index in [0.29, 0.717) is 6.04 Å². The summed E-state index contributed by atoms with van der Waals surface area (Å²) in [5.74, 6) is 1.50. The van der Waals surface area contributed by atoms with Crippen LogP contribution >= 0.6 is 0 Å². The number of aromatic nitrogens is 2. The van der Waals surface area contributed by atoms with Gasteiger partial charge in [0, 0.05) is 57.7 Å². The van der Waals surface area contributed by atoms with Crippen LogP contribution in [0.4, 0.5) is 0 Å².